The Morgan fingerprint density at radius 3 is 2.62 bits per heavy atom. The Morgan fingerprint density at radius 2 is 2.00 bits per heavy atom. The number of nitrogens with zero attached hydrogens (tertiary/aromatic N) is 1. The average Bonchev–Trinajstić information content (AvgIpc) is 3.00. The Morgan fingerprint density at radius 1 is 1.24 bits per heavy atom. The molecule has 0 saturated carbocycles. The standard InChI is InChI=1S/C14H20N4O2S/c1-2-15-8-7-12-3-5-14(6-4-12)21(19,20)18-10-13-9-16-11-17-13/h3-6,9,11,15,18H,2,7-8,10H2,1H3,(H,16,17). The van der Waals surface area contributed by atoms with Crippen LogP contribution in [0.3, 0.4) is 0 Å². The summed E-state index contributed by atoms with van der Waals surface area (Å²) in [6.07, 6.45) is 3.99. The predicted octanol–water partition coefficient (Wildman–Crippen LogP) is 1.04. The van der Waals surface area contributed by atoms with Gasteiger partial charge in [-0.3, -0.25) is 0 Å². The highest BCUT2D eigenvalue weighted by atomic mass is 32.2. The molecule has 7 heteroatoms. The Balaban J connectivity index is 1.96. The van der Waals surface area contributed by atoms with Gasteiger partial charge in [-0.05, 0) is 37.2 Å². The van der Waals surface area contributed by atoms with Crippen LogP contribution in [0.4, 0.5) is 0 Å². The van der Waals surface area contributed by atoms with Crippen LogP contribution in [0.15, 0.2) is 41.7 Å². The molecule has 0 aliphatic heterocycles. The molecule has 0 aliphatic rings. The monoisotopic (exact) mass is 308 g/mol. The highest BCUT2D eigenvalue weighted by molar-refractivity contribution is 7.89. The first-order valence-corrected chi connectivity index (χ1v) is 8.36. The SMILES string of the molecule is CCNCCc1ccc(S(=O)(=O)NCc2cnc[nH]2)cc1. The molecular formula is C14H20N4O2S. The van der Waals surface area contributed by atoms with Crippen molar-refractivity contribution in [2.24, 2.45) is 0 Å². The molecule has 0 radical (unpaired) electrons. The maximum atomic E-state index is 12.1. The molecular weight excluding hydrogens is 288 g/mol. The fourth-order valence-corrected chi connectivity index (χ4v) is 2.89. The molecule has 0 atom stereocenters. The molecule has 21 heavy (non-hydrogen) atoms. The van der Waals surface area contributed by atoms with Crippen molar-refractivity contribution in [1.82, 2.24) is 20.0 Å². The number of aromatic nitrogens is 2. The summed E-state index contributed by atoms with van der Waals surface area (Å²) in [5.41, 5.74) is 1.84. The summed E-state index contributed by atoms with van der Waals surface area (Å²) in [5, 5.41) is 3.24. The van der Waals surface area contributed by atoms with Crippen LogP contribution >= 0.6 is 0 Å². The second kappa shape index (κ2) is 7.35. The van der Waals surface area contributed by atoms with Crippen molar-refractivity contribution in [3.05, 3.63) is 48.0 Å². The lowest BCUT2D eigenvalue weighted by atomic mass is 10.1. The summed E-state index contributed by atoms with van der Waals surface area (Å²) >= 11 is 0. The van der Waals surface area contributed by atoms with E-state index in [4.69, 9.17) is 0 Å². The molecule has 1 aromatic carbocycles. The third kappa shape index (κ3) is 4.66. The molecule has 3 N–H and O–H groups in total. The zero-order chi connectivity index (χ0) is 15.1. The number of aromatic amines is 1. The normalized spacial score (nSPS) is 11.7. The molecule has 1 aromatic heterocycles. The quantitative estimate of drug-likeness (QED) is 0.636. The third-order valence-electron chi connectivity index (χ3n) is 3.08. The fourth-order valence-electron chi connectivity index (χ4n) is 1.88. The van der Waals surface area contributed by atoms with E-state index >= 15 is 0 Å². The lowest BCUT2D eigenvalue weighted by molar-refractivity contribution is 0.580. The van der Waals surface area contributed by atoms with Crippen LogP contribution in [0.2, 0.25) is 0 Å². The van der Waals surface area contributed by atoms with Gasteiger partial charge in [-0.1, -0.05) is 19.1 Å². The van der Waals surface area contributed by atoms with Gasteiger partial charge in [0.15, 0.2) is 0 Å². The Kier molecular flexibility index (Phi) is 5.49. The molecule has 6 nitrogen and oxygen atoms in total. The van der Waals surface area contributed by atoms with Gasteiger partial charge in [0.2, 0.25) is 10.0 Å². The fraction of sp³-hybridized carbons (Fsp3) is 0.357. The van der Waals surface area contributed by atoms with Crippen LogP contribution in [0.25, 0.3) is 0 Å². The molecule has 0 bridgehead atoms. The van der Waals surface area contributed by atoms with Gasteiger partial charge < -0.3 is 10.3 Å². The molecule has 2 rings (SSSR count). The van der Waals surface area contributed by atoms with E-state index in [0.29, 0.717) is 0 Å². The number of benzene rings is 1. The molecule has 0 spiro atoms. The molecule has 0 unspecified atom stereocenters. The Hall–Kier alpha value is -1.70. The summed E-state index contributed by atoms with van der Waals surface area (Å²) in [5.74, 6) is 0. The minimum absolute atomic E-state index is 0.199. The predicted molar refractivity (Wildman–Crippen MR) is 81.3 cm³/mol. The first-order valence-electron chi connectivity index (χ1n) is 6.88. The second-order valence-electron chi connectivity index (χ2n) is 4.65. The van der Waals surface area contributed by atoms with Crippen molar-refractivity contribution < 1.29 is 8.42 Å². The van der Waals surface area contributed by atoms with Crippen molar-refractivity contribution in [1.29, 1.82) is 0 Å². The van der Waals surface area contributed by atoms with E-state index in [1.807, 2.05) is 12.1 Å². The van der Waals surface area contributed by atoms with Crippen molar-refractivity contribution in [2.45, 2.75) is 24.8 Å². The van der Waals surface area contributed by atoms with E-state index in [0.717, 1.165) is 30.8 Å². The second-order valence-corrected chi connectivity index (χ2v) is 6.42. The third-order valence-corrected chi connectivity index (χ3v) is 4.50. The first-order chi connectivity index (χ1) is 10.1. The molecule has 0 saturated heterocycles. The van der Waals surface area contributed by atoms with Gasteiger partial charge >= 0.3 is 0 Å². The number of hydrogen-bond acceptors (Lipinski definition) is 4. The zero-order valence-corrected chi connectivity index (χ0v) is 12.8. The van der Waals surface area contributed by atoms with Gasteiger partial charge in [0.1, 0.15) is 0 Å². The lowest BCUT2D eigenvalue weighted by Gasteiger charge is -2.07. The van der Waals surface area contributed by atoms with Gasteiger partial charge in [0.25, 0.3) is 0 Å². The van der Waals surface area contributed by atoms with E-state index in [1.54, 1.807) is 18.3 Å². The summed E-state index contributed by atoms with van der Waals surface area (Å²) in [4.78, 5) is 6.97. The van der Waals surface area contributed by atoms with Gasteiger partial charge in [0.05, 0.1) is 17.8 Å². The first kappa shape index (κ1) is 15.7. The number of rotatable bonds is 8. The van der Waals surface area contributed by atoms with Crippen molar-refractivity contribution in [3.63, 3.8) is 0 Å². The summed E-state index contributed by atoms with van der Waals surface area (Å²) in [6, 6.07) is 6.97. The summed E-state index contributed by atoms with van der Waals surface area (Å²) in [7, 11) is -3.49. The van der Waals surface area contributed by atoms with Crippen molar-refractivity contribution in [3.8, 4) is 0 Å². The van der Waals surface area contributed by atoms with Crippen LogP contribution < -0.4 is 10.0 Å². The number of nitrogens with one attached hydrogen (secondary N) is 3. The highest BCUT2D eigenvalue weighted by Gasteiger charge is 2.13. The molecule has 2 aromatic rings. The number of hydrogen-bond donors (Lipinski definition) is 3. The number of likely N-dealkylation sites (N-methyl/N-ethyl adjacent to an activating group) is 1. The van der Waals surface area contributed by atoms with E-state index in [1.165, 1.54) is 6.33 Å². The molecule has 114 valence electrons. The minimum atomic E-state index is -3.49. The smallest absolute Gasteiger partial charge is 0.240 e. The number of imidazole rings is 1. The maximum Gasteiger partial charge on any atom is 0.240 e. The molecule has 0 fully saturated rings. The minimum Gasteiger partial charge on any atom is -0.347 e. The topological polar surface area (TPSA) is 86.9 Å². The van der Waals surface area contributed by atoms with Gasteiger partial charge in [-0.15, -0.1) is 0 Å². The average molecular weight is 308 g/mol. The summed E-state index contributed by atoms with van der Waals surface area (Å²) < 4.78 is 26.8. The Labute approximate surface area is 125 Å². The molecule has 0 amide bonds. The maximum absolute atomic E-state index is 12.1. The van der Waals surface area contributed by atoms with Crippen molar-refractivity contribution >= 4 is 10.0 Å². The lowest BCUT2D eigenvalue weighted by Crippen LogP contribution is -2.23. The largest absolute Gasteiger partial charge is 0.347 e. The number of H-pyrrole nitrogens is 1. The van der Waals surface area contributed by atoms with Crippen LogP contribution in [0, 0.1) is 0 Å². The van der Waals surface area contributed by atoms with E-state index in [2.05, 4.69) is 26.9 Å². The van der Waals surface area contributed by atoms with Crippen LogP contribution in [0.1, 0.15) is 18.2 Å². The highest BCUT2D eigenvalue weighted by Crippen LogP contribution is 2.11. The molecule has 1 heterocycles. The zero-order valence-electron chi connectivity index (χ0n) is 12.0. The van der Waals surface area contributed by atoms with Gasteiger partial charge in [-0.25, -0.2) is 18.1 Å². The van der Waals surface area contributed by atoms with Crippen LogP contribution in [-0.2, 0) is 23.0 Å². The van der Waals surface area contributed by atoms with E-state index < -0.39 is 10.0 Å². The number of sulfonamides is 1. The van der Waals surface area contributed by atoms with Crippen molar-refractivity contribution in [2.75, 3.05) is 13.1 Å². The molecule has 0 aliphatic carbocycles. The van der Waals surface area contributed by atoms with E-state index in [9.17, 15) is 8.42 Å². The van der Waals surface area contributed by atoms with E-state index in [-0.39, 0.29) is 11.4 Å². The van der Waals surface area contributed by atoms with Gasteiger partial charge in [-0.2, -0.15) is 0 Å². The van der Waals surface area contributed by atoms with Gasteiger partial charge in [0, 0.05) is 11.9 Å². The summed E-state index contributed by atoms with van der Waals surface area (Å²) in [6.45, 7) is 4.08. The Bertz CT molecular complexity index is 636. The van der Waals surface area contributed by atoms with Crippen LogP contribution in [0.5, 0.6) is 0 Å². The van der Waals surface area contributed by atoms with Crippen LogP contribution in [-0.4, -0.2) is 31.5 Å².